The molecule has 1 aromatic heterocycles. The third-order valence-electron chi connectivity index (χ3n) is 5.27. The zero-order valence-electron chi connectivity index (χ0n) is 16.8. The molecule has 0 radical (unpaired) electrons. The molecule has 2 heterocycles. The van der Waals surface area contributed by atoms with Crippen LogP contribution < -0.4 is 20.1 Å². The lowest BCUT2D eigenvalue weighted by atomic mass is 10.2. The Hall–Kier alpha value is -2.25. The SMILES string of the molecule is CCN(CCN1CCN(c2ccccc2OC)CC1)c1cnn(C)c(=O)c1Cl. The Bertz CT molecular complexity index is 849. The number of hydrogen-bond acceptors (Lipinski definition) is 6. The molecule has 0 aliphatic carbocycles. The smallest absolute Gasteiger partial charge is 0.287 e. The number of likely N-dealkylation sites (N-methyl/N-ethyl adjacent to an activating group) is 1. The molecule has 3 rings (SSSR count). The van der Waals surface area contributed by atoms with Gasteiger partial charge in [-0.25, -0.2) is 4.68 Å². The number of aryl methyl sites for hydroxylation is 1. The Labute approximate surface area is 171 Å². The van der Waals surface area contributed by atoms with Gasteiger partial charge in [0.25, 0.3) is 5.56 Å². The van der Waals surface area contributed by atoms with Crippen LogP contribution in [0.1, 0.15) is 6.92 Å². The fourth-order valence-electron chi connectivity index (χ4n) is 3.54. The maximum Gasteiger partial charge on any atom is 0.287 e. The van der Waals surface area contributed by atoms with Gasteiger partial charge in [0.2, 0.25) is 0 Å². The van der Waals surface area contributed by atoms with E-state index in [2.05, 4.69) is 32.8 Å². The molecule has 2 aromatic rings. The van der Waals surface area contributed by atoms with Gasteiger partial charge < -0.3 is 14.5 Å². The second-order valence-electron chi connectivity index (χ2n) is 6.85. The van der Waals surface area contributed by atoms with E-state index < -0.39 is 0 Å². The molecule has 7 nitrogen and oxygen atoms in total. The highest BCUT2D eigenvalue weighted by atomic mass is 35.5. The van der Waals surface area contributed by atoms with E-state index in [1.165, 1.54) is 4.68 Å². The van der Waals surface area contributed by atoms with Crippen molar-refractivity contribution in [2.75, 3.05) is 62.7 Å². The van der Waals surface area contributed by atoms with Crippen molar-refractivity contribution in [3.63, 3.8) is 0 Å². The molecule has 1 aliphatic rings. The van der Waals surface area contributed by atoms with Crippen molar-refractivity contribution in [3.05, 3.63) is 45.8 Å². The lowest BCUT2D eigenvalue weighted by Crippen LogP contribution is -2.48. The topological polar surface area (TPSA) is 53.8 Å². The van der Waals surface area contributed by atoms with Crippen LogP contribution in [0.2, 0.25) is 5.02 Å². The minimum Gasteiger partial charge on any atom is -0.495 e. The summed E-state index contributed by atoms with van der Waals surface area (Å²) in [6.45, 7) is 8.44. The number of benzene rings is 1. The lowest BCUT2D eigenvalue weighted by Gasteiger charge is -2.37. The average Bonchev–Trinajstić information content (AvgIpc) is 2.74. The summed E-state index contributed by atoms with van der Waals surface area (Å²) >= 11 is 6.26. The fourth-order valence-corrected chi connectivity index (χ4v) is 3.83. The summed E-state index contributed by atoms with van der Waals surface area (Å²) in [5, 5.41) is 4.35. The van der Waals surface area contributed by atoms with Crippen molar-refractivity contribution in [3.8, 4) is 5.75 Å². The summed E-state index contributed by atoms with van der Waals surface area (Å²) in [4.78, 5) is 19.0. The normalized spacial score (nSPS) is 14.9. The Kier molecular flexibility index (Phi) is 6.80. The van der Waals surface area contributed by atoms with Crippen LogP contribution in [0.4, 0.5) is 11.4 Å². The third kappa shape index (κ3) is 4.42. The molecular weight excluding hydrogens is 378 g/mol. The van der Waals surface area contributed by atoms with E-state index in [9.17, 15) is 4.79 Å². The molecule has 0 atom stereocenters. The van der Waals surface area contributed by atoms with Crippen molar-refractivity contribution in [1.29, 1.82) is 0 Å². The van der Waals surface area contributed by atoms with Crippen LogP contribution in [0.5, 0.6) is 5.75 Å². The zero-order valence-corrected chi connectivity index (χ0v) is 17.5. The number of anilines is 2. The molecule has 152 valence electrons. The summed E-state index contributed by atoms with van der Waals surface area (Å²) in [5.74, 6) is 0.918. The van der Waals surface area contributed by atoms with Crippen LogP contribution in [0.3, 0.4) is 0 Å². The zero-order chi connectivity index (χ0) is 20.1. The van der Waals surface area contributed by atoms with Gasteiger partial charge in [0.05, 0.1) is 24.7 Å². The van der Waals surface area contributed by atoms with Crippen molar-refractivity contribution in [2.45, 2.75) is 6.92 Å². The van der Waals surface area contributed by atoms with Crippen LogP contribution in [0, 0.1) is 0 Å². The summed E-state index contributed by atoms with van der Waals surface area (Å²) < 4.78 is 6.75. The fraction of sp³-hybridized carbons (Fsp3) is 0.500. The molecule has 1 fully saturated rings. The Morgan fingerprint density at radius 1 is 1.21 bits per heavy atom. The largest absolute Gasteiger partial charge is 0.495 e. The van der Waals surface area contributed by atoms with Gasteiger partial charge in [-0.05, 0) is 19.1 Å². The maximum absolute atomic E-state index is 12.1. The lowest BCUT2D eigenvalue weighted by molar-refractivity contribution is 0.262. The molecule has 0 N–H and O–H groups in total. The molecule has 8 heteroatoms. The predicted molar refractivity (Wildman–Crippen MR) is 114 cm³/mol. The van der Waals surface area contributed by atoms with Gasteiger partial charge in [-0.2, -0.15) is 5.10 Å². The summed E-state index contributed by atoms with van der Waals surface area (Å²) in [6, 6.07) is 8.15. The van der Waals surface area contributed by atoms with E-state index in [1.807, 2.05) is 18.2 Å². The number of rotatable bonds is 7. The van der Waals surface area contributed by atoms with E-state index >= 15 is 0 Å². The van der Waals surface area contributed by atoms with E-state index in [-0.39, 0.29) is 10.6 Å². The highest BCUT2D eigenvalue weighted by molar-refractivity contribution is 6.33. The number of ether oxygens (including phenoxy) is 1. The van der Waals surface area contributed by atoms with Gasteiger partial charge in [-0.3, -0.25) is 9.69 Å². The molecule has 28 heavy (non-hydrogen) atoms. The van der Waals surface area contributed by atoms with Gasteiger partial charge in [0.15, 0.2) is 0 Å². The summed E-state index contributed by atoms with van der Waals surface area (Å²) in [7, 11) is 3.32. The highest BCUT2D eigenvalue weighted by Crippen LogP contribution is 2.28. The first-order valence-corrected chi connectivity index (χ1v) is 10.00. The summed E-state index contributed by atoms with van der Waals surface area (Å²) in [6.07, 6.45) is 1.67. The van der Waals surface area contributed by atoms with Gasteiger partial charge in [0.1, 0.15) is 10.8 Å². The number of hydrogen-bond donors (Lipinski definition) is 0. The van der Waals surface area contributed by atoms with E-state index in [0.717, 1.165) is 57.3 Å². The van der Waals surface area contributed by atoms with Crippen LogP contribution in [0.25, 0.3) is 0 Å². The minimum absolute atomic E-state index is 0.236. The van der Waals surface area contributed by atoms with Gasteiger partial charge in [-0.15, -0.1) is 0 Å². The second kappa shape index (κ2) is 9.30. The average molecular weight is 406 g/mol. The highest BCUT2D eigenvalue weighted by Gasteiger charge is 2.20. The number of piperazine rings is 1. The Morgan fingerprint density at radius 3 is 2.61 bits per heavy atom. The maximum atomic E-state index is 12.1. The number of methoxy groups -OCH3 is 1. The molecule has 1 aromatic carbocycles. The second-order valence-corrected chi connectivity index (χ2v) is 7.23. The summed E-state index contributed by atoms with van der Waals surface area (Å²) in [5.41, 5.74) is 1.60. The first-order valence-electron chi connectivity index (χ1n) is 9.62. The van der Waals surface area contributed by atoms with Crippen LogP contribution in [0.15, 0.2) is 35.3 Å². The molecule has 0 bridgehead atoms. The molecule has 1 aliphatic heterocycles. The van der Waals surface area contributed by atoms with Crippen molar-refractivity contribution in [1.82, 2.24) is 14.7 Å². The monoisotopic (exact) mass is 405 g/mol. The molecule has 0 saturated carbocycles. The van der Waals surface area contributed by atoms with Gasteiger partial charge in [-0.1, -0.05) is 23.7 Å². The van der Waals surface area contributed by atoms with Crippen molar-refractivity contribution >= 4 is 23.0 Å². The first kappa shape index (κ1) is 20.5. The molecule has 0 spiro atoms. The number of nitrogens with zero attached hydrogens (tertiary/aromatic N) is 5. The standard InChI is InChI=1S/C20H28ClN5O2/c1-4-25(17-15-22-23(2)20(27)19(17)21)12-9-24-10-13-26(14-11-24)16-7-5-6-8-18(16)28-3/h5-8,15H,4,9-14H2,1-3H3. The molecule has 1 saturated heterocycles. The third-order valence-corrected chi connectivity index (χ3v) is 5.62. The van der Waals surface area contributed by atoms with E-state index in [0.29, 0.717) is 5.69 Å². The predicted octanol–water partition coefficient (Wildman–Crippen LogP) is 2.09. The first-order chi connectivity index (χ1) is 13.5. The van der Waals surface area contributed by atoms with E-state index in [1.54, 1.807) is 20.4 Å². The Balaban J connectivity index is 1.57. The van der Waals surface area contributed by atoms with Crippen LogP contribution in [-0.4, -0.2) is 67.6 Å². The van der Waals surface area contributed by atoms with Crippen molar-refractivity contribution in [2.24, 2.45) is 7.05 Å². The van der Waals surface area contributed by atoms with Gasteiger partial charge in [0, 0.05) is 52.9 Å². The van der Waals surface area contributed by atoms with Crippen molar-refractivity contribution < 1.29 is 4.74 Å². The Morgan fingerprint density at radius 2 is 1.93 bits per heavy atom. The quantitative estimate of drug-likeness (QED) is 0.703. The molecular formula is C20H28ClN5O2. The number of aromatic nitrogens is 2. The van der Waals surface area contributed by atoms with Crippen LogP contribution in [-0.2, 0) is 7.05 Å². The number of halogens is 1. The van der Waals surface area contributed by atoms with E-state index in [4.69, 9.17) is 16.3 Å². The van der Waals surface area contributed by atoms with Gasteiger partial charge >= 0.3 is 0 Å². The molecule has 0 unspecified atom stereocenters. The number of para-hydroxylation sites is 2. The minimum atomic E-state index is -0.261. The van der Waals surface area contributed by atoms with Crippen LogP contribution >= 0.6 is 11.6 Å². The molecule has 0 amide bonds.